The van der Waals surface area contributed by atoms with Crippen LogP contribution in [0.2, 0.25) is 0 Å². The zero-order valence-electron chi connectivity index (χ0n) is 13.9. The van der Waals surface area contributed by atoms with Gasteiger partial charge in [-0.25, -0.2) is 4.98 Å². The zero-order valence-corrected chi connectivity index (χ0v) is 13.9. The second-order valence-corrected chi connectivity index (χ2v) is 6.84. The largest absolute Gasteiger partial charge is 0.357 e. The van der Waals surface area contributed by atoms with Gasteiger partial charge in [0.1, 0.15) is 5.82 Å². The molecule has 21 heavy (non-hydrogen) atoms. The number of hydrogen-bond donors (Lipinski definition) is 1. The standard InChI is InChI=1S/C18H31N3/c1-15(2)7-6-8-16(3)20-17-10-13-21(14-11-17)18-9-4-5-12-19-18/h4-5,9,12,15-17,20H,6-8,10-11,13-14H2,1-3H3. The van der Waals surface area contributed by atoms with Crippen molar-refractivity contribution in [3.8, 4) is 0 Å². The summed E-state index contributed by atoms with van der Waals surface area (Å²) in [5.41, 5.74) is 0. The van der Waals surface area contributed by atoms with Crippen molar-refractivity contribution in [1.29, 1.82) is 0 Å². The lowest BCUT2D eigenvalue weighted by atomic mass is 10.0. The SMILES string of the molecule is CC(C)CCCC(C)NC1CCN(c2ccccn2)CC1. The summed E-state index contributed by atoms with van der Waals surface area (Å²) in [5, 5.41) is 3.82. The van der Waals surface area contributed by atoms with Crippen LogP contribution < -0.4 is 10.2 Å². The first-order valence-corrected chi connectivity index (χ1v) is 8.57. The summed E-state index contributed by atoms with van der Waals surface area (Å²) in [5.74, 6) is 1.96. The Balaban J connectivity index is 1.67. The third-order valence-corrected chi connectivity index (χ3v) is 4.41. The summed E-state index contributed by atoms with van der Waals surface area (Å²) in [6.07, 6.45) is 8.34. The Morgan fingerprint density at radius 2 is 1.95 bits per heavy atom. The topological polar surface area (TPSA) is 28.2 Å². The molecule has 1 aliphatic rings. The maximum absolute atomic E-state index is 4.45. The second kappa shape index (κ2) is 8.38. The van der Waals surface area contributed by atoms with E-state index in [1.165, 1.54) is 32.1 Å². The first-order chi connectivity index (χ1) is 10.1. The van der Waals surface area contributed by atoms with Gasteiger partial charge in [0.25, 0.3) is 0 Å². The monoisotopic (exact) mass is 289 g/mol. The predicted molar refractivity (Wildman–Crippen MR) is 90.8 cm³/mol. The Morgan fingerprint density at radius 1 is 1.19 bits per heavy atom. The number of nitrogens with zero attached hydrogens (tertiary/aromatic N) is 2. The first-order valence-electron chi connectivity index (χ1n) is 8.57. The quantitative estimate of drug-likeness (QED) is 0.826. The fourth-order valence-corrected chi connectivity index (χ4v) is 3.13. The van der Waals surface area contributed by atoms with Crippen LogP contribution >= 0.6 is 0 Å². The fourth-order valence-electron chi connectivity index (χ4n) is 3.13. The highest BCUT2D eigenvalue weighted by molar-refractivity contribution is 5.38. The van der Waals surface area contributed by atoms with Crippen LogP contribution in [0.1, 0.15) is 52.9 Å². The van der Waals surface area contributed by atoms with Crippen LogP contribution in [0.15, 0.2) is 24.4 Å². The molecule has 0 spiro atoms. The van der Waals surface area contributed by atoms with E-state index in [1.807, 2.05) is 12.3 Å². The van der Waals surface area contributed by atoms with Crippen molar-refractivity contribution < 1.29 is 0 Å². The van der Waals surface area contributed by atoms with E-state index < -0.39 is 0 Å². The smallest absolute Gasteiger partial charge is 0.128 e. The molecule has 1 saturated heterocycles. The van der Waals surface area contributed by atoms with Gasteiger partial charge < -0.3 is 10.2 Å². The van der Waals surface area contributed by atoms with E-state index in [1.54, 1.807) is 0 Å². The Kier molecular flexibility index (Phi) is 6.50. The summed E-state index contributed by atoms with van der Waals surface area (Å²) in [6.45, 7) is 9.20. The number of anilines is 1. The Hall–Kier alpha value is -1.09. The number of pyridine rings is 1. The highest BCUT2D eigenvalue weighted by Crippen LogP contribution is 2.18. The molecule has 1 atom stereocenters. The second-order valence-electron chi connectivity index (χ2n) is 6.84. The van der Waals surface area contributed by atoms with Gasteiger partial charge in [0, 0.05) is 31.4 Å². The van der Waals surface area contributed by atoms with E-state index in [4.69, 9.17) is 0 Å². The molecule has 1 aromatic rings. The van der Waals surface area contributed by atoms with Gasteiger partial charge >= 0.3 is 0 Å². The van der Waals surface area contributed by atoms with Gasteiger partial charge in [-0.3, -0.25) is 0 Å². The lowest BCUT2D eigenvalue weighted by Crippen LogP contribution is -2.45. The first kappa shape index (κ1) is 16.3. The molecule has 0 aliphatic carbocycles. The minimum atomic E-state index is 0.648. The van der Waals surface area contributed by atoms with Gasteiger partial charge in [0.2, 0.25) is 0 Å². The number of rotatable bonds is 7. The molecule has 0 saturated carbocycles. The number of hydrogen-bond acceptors (Lipinski definition) is 3. The summed E-state index contributed by atoms with van der Waals surface area (Å²) in [4.78, 5) is 6.86. The average Bonchev–Trinajstić information content (AvgIpc) is 2.48. The zero-order chi connectivity index (χ0) is 15.1. The van der Waals surface area contributed by atoms with Crippen molar-refractivity contribution in [1.82, 2.24) is 10.3 Å². The van der Waals surface area contributed by atoms with E-state index in [0.29, 0.717) is 12.1 Å². The molecule has 3 nitrogen and oxygen atoms in total. The molecule has 0 aromatic carbocycles. The summed E-state index contributed by atoms with van der Waals surface area (Å²) < 4.78 is 0. The molecular formula is C18H31N3. The fraction of sp³-hybridized carbons (Fsp3) is 0.722. The van der Waals surface area contributed by atoms with Crippen molar-refractivity contribution in [3.63, 3.8) is 0 Å². The van der Waals surface area contributed by atoms with Gasteiger partial charge in [-0.05, 0) is 44.2 Å². The van der Waals surface area contributed by atoms with Gasteiger partial charge in [-0.15, -0.1) is 0 Å². The molecule has 1 N–H and O–H groups in total. The van der Waals surface area contributed by atoms with Crippen LogP contribution in [0.3, 0.4) is 0 Å². The Morgan fingerprint density at radius 3 is 2.57 bits per heavy atom. The third kappa shape index (κ3) is 5.66. The van der Waals surface area contributed by atoms with E-state index >= 15 is 0 Å². The molecule has 0 bridgehead atoms. The van der Waals surface area contributed by atoms with Crippen molar-refractivity contribution in [2.45, 2.75) is 65.0 Å². The maximum Gasteiger partial charge on any atom is 0.128 e. The maximum atomic E-state index is 4.45. The van der Waals surface area contributed by atoms with Crippen LogP contribution in [-0.2, 0) is 0 Å². The molecule has 1 unspecified atom stereocenters. The molecule has 2 heterocycles. The average molecular weight is 289 g/mol. The van der Waals surface area contributed by atoms with E-state index in [9.17, 15) is 0 Å². The van der Waals surface area contributed by atoms with Crippen molar-refractivity contribution >= 4 is 5.82 Å². The van der Waals surface area contributed by atoms with Crippen LogP contribution in [0.5, 0.6) is 0 Å². The molecule has 1 fully saturated rings. The molecule has 118 valence electrons. The molecular weight excluding hydrogens is 258 g/mol. The van der Waals surface area contributed by atoms with E-state index in [-0.39, 0.29) is 0 Å². The van der Waals surface area contributed by atoms with Crippen LogP contribution in [0.4, 0.5) is 5.82 Å². The van der Waals surface area contributed by atoms with Crippen LogP contribution in [0, 0.1) is 5.92 Å². The molecule has 1 aromatic heterocycles. The molecule has 1 aliphatic heterocycles. The minimum Gasteiger partial charge on any atom is -0.357 e. The lowest BCUT2D eigenvalue weighted by Gasteiger charge is -2.34. The molecule has 3 heteroatoms. The number of piperidine rings is 1. The molecule has 0 radical (unpaired) electrons. The third-order valence-electron chi connectivity index (χ3n) is 4.41. The highest BCUT2D eigenvalue weighted by Gasteiger charge is 2.20. The summed E-state index contributed by atoms with van der Waals surface area (Å²) >= 11 is 0. The van der Waals surface area contributed by atoms with E-state index in [0.717, 1.165) is 24.8 Å². The van der Waals surface area contributed by atoms with Crippen LogP contribution in [-0.4, -0.2) is 30.2 Å². The van der Waals surface area contributed by atoms with Gasteiger partial charge in [-0.2, -0.15) is 0 Å². The normalized spacial score (nSPS) is 18.2. The predicted octanol–water partition coefficient (Wildman–Crippen LogP) is 3.85. The van der Waals surface area contributed by atoms with Crippen molar-refractivity contribution in [2.24, 2.45) is 5.92 Å². The van der Waals surface area contributed by atoms with Gasteiger partial charge in [-0.1, -0.05) is 32.8 Å². The Labute approximate surface area is 130 Å². The Bertz CT molecular complexity index is 383. The van der Waals surface area contributed by atoms with Crippen molar-refractivity contribution in [3.05, 3.63) is 24.4 Å². The summed E-state index contributed by atoms with van der Waals surface area (Å²) in [7, 11) is 0. The number of nitrogens with one attached hydrogen (secondary N) is 1. The van der Waals surface area contributed by atoms with Gasteiger partial charge in [0.15, 0.2) is 0 Å². The van der Waals surface area contributed by atoms with E-state index in [2.05, 4.69) is 48.1 Å². The minimum absolute atomic E-state index is 0.648. The highest BCUT2D eigenvalue weighted by atomic mass is 15.2. The van der Waals surface area contributed by atoms with Crippen molar-refractivity contribution in [2.75, 3.05) is 18.0 Å². The number of aromatic nitrogens is 1. The summed E-state index contributed by atoms with van der Waals surface area (Å²) in [6, 6.07) is 7.50. The molecule has 2 rings (SSSR count). The van der Waals surface area contributed by atoms with Gasteiger partial charge in [0.05, 0.1) is 0 Å². The van der Waals surface area contributed by atoms with Crippen LogP contribution in [0.25, 0.3) is 0 Å². The lowest BCUT2D eigenvalue weighted by molar-refractivity contribution is 0.356. The molecule has 0 amide bonds.